The van der Waals surface area contributed by atoms with E-state index >= 15 is 8.78 Å². The summed E-state index contributed by atoms with van der Waals surface area (Å²) in [7, 11) is 0. The van der Waals surface area contributed by atoms with Crippen LogP contribution in [0.2, 0.25) is 0 Å². The number of fused-ring (bicyclic) bond motifs is 1. The maximum absolute atomic E-state index is 16.0. The van der Waals surface area contributed by atoms with Crippen LogP contribution in [0.5, 0.6) is 0 Å². The Morgan fingerprint density at radius 2 is 1.32 bits per heavy atom. The van der Waals surface area contributed by atoms with Crippen LogP contribution in [0.25, 0.3) is 31.9 Å². The standard InChI is InChI=1S/C29H27BrF2N2S3/c1-15(2)10-18-13-21(35-20(18)12-17-8-6-5-7-9-17)23-25(31)26(32)24(28-27(23)33-37-34-28)22-14-19(11-16(3)4)29(30)36-22/h5-9,13-16H,10-12H2,1-4H3. The molecule has 0 atom stereocenters. The minimum Gasteiger partial charge on any atom is -0.203 e. The van der Waals surface area contributed by atoms with Crippen molar-refractivity contribution in [2.75, 3.05) is 0 Å². The summed E-state index contributed by atoms with van der Waals surface area (Å²) in [4.78, 5) is 2.55. The van der Waals surface area contributed by atoms with Crippen molar-refractivity contribution in [3.8, 4) is 20.9 Å². The number of benzene rings is 2. The summed E-state index contributed by atoms with van der Waals surface area (Å²) in [6.07, 6.45) is 2.49. The lowest BCUT2D eigenvalue weighted by atomic mass is 9.98. The second kappa shape index (κ2) is 11.0. The number of hydrogen-bond donors (Lipinski definition) is 0. The summed E-state index contributed by atoms with van der Waals surface area (Å²) in [5.74, 6) is -0.816. The van der Waals surface area contributed by atoms with Crippen molar-refractivity contribution in [2.45, 2.75) is 47.0 Å². The second-order valence-corrected chi connectivity index (χ2v) is 14.2. The molecule has 2 nitrogen and oxygen atoms in total. The van der Waals surface area contributed by atoms with Gasteiger partial charge in [-0.1, -0.05) is 58.0 Å². The average Bonchev–Trinajstić information content (AvgIpc) is 3.55. The molecule has 2 aromatic carbocycles. The van der Waals surface area contributed by atoms with Gasteiger partial charge in [0.2, 0.25) is 0 Å². The minimum atomic E-state index is -0.858. The highest BCUT2D eigenvalue weighted by Crippen LogP contribution is 2.46. The average molecular weight is 618 g/mol. The molecule has 0 bridgehead atoms. The molecule has 0 spiro atoms. The molecule has 5 rings (SSSR count). The van der Waals surface area contributed by atoms with Gasteiger partial charge in [-0.25, -0.2) is 8.78 Å². The lowest BCUT2D eigenvalue weighted by Crippen LogP contribution is -1.97. The Morgan fingerprint density at radius 1 is 0.784 bits per heavy atom. The fraction of sp³-hybridized carbons (Fsp3) is 0.310. The summed E-state index contributed by atoms with van der Waals surface area (Å²) < 4.78 is 41.7. The van der Waals surface area contributed by atoms with E-state index in [0.29, 0.717) is 32.6 Å². The third-order valence-corrected chi connectivity index (χ3v) is 9.91. The van der Waals surface area contributed by atoms with Crippen molar-refractivity contribution in [2.24, 2.45) is 11.8 Å². The van der Waals surface area contributed by atoms with E-state index in [1.54, 1.807) is 0 Å². The van der Waals surface area contributed by atoms with Gasteiger partial charge in [0, 0.05) is 21.1 Å². The van der Waals surface area contributed by atoms with E-state index in [0.717, 1.165) is 40.3 Å². The molecule has 3 heterocycles. The van der Waals surface area contributed by atoms with Gasteiger partial charge in [0.25, 0.3) is 0 Å². The van der Waals surface area contributed by atoms with E-state index < -0.39 is 11.6 Å². The van der Waals surface area contributed by atoms with Gasteiger partial charge in [-0.15, -0.1) is 22.7 Å². The molecule has 37 heavy (non-hydrogen) atoms. The Kier molecular flexibility index (Phi) is 7.91. The largest absolute Gasteiger partial charge is 0.203 e. The van der Waals surface area contributed by atoms with Crippen LogP contribution in [0.4, 0.5) is 8.78 Å². The number of thiophene rings is 2. The molecule has 0 unspecified atom stereocenters. The Hall–Kier alpha value is -2.00. The van der Waals surface area contributed by atoms with Crippen LogP contribution >= 0.6 is 50.3 Å². The van der Waals surface area contributed by atoms with Crippen LogP contribution in [0.1, 0.15) is 49.3 Å². The lowest BCUT2D eigenvalue weighted by Gasteiger charge is -2.08. The first-order valence-electron chi connectivity index (χ1n) is 12.3. The molecule has 5 aromatic rings. The highest BCUT2D eigenvalue weighted by Gasteiger charge is 2.28. The molecule has 0 saturated heterocycles. The van der Waals surface area contributed by atoms with E-state index in [1.807, 2.05) is 30.3 Å². The monoisotopic (exact) mass is 616 g/mol. The quantitative estimate of drug-likeness (QED) is 0.173. The predicted molar refractivity (Wildman–Crippen MR) is 158 cm³/mol. The Bertz CT molecular complexity index is 1550. The smallest absolute Gasteiger partial charge is 0.170 e. The number of rotatable bonds is 8. The van der Waals surface area contributed by atoms with Crippen molar-refractivity contribution < 1.29 is 8.78 Å². The summed E-state index contributed by atoms with van der Waals surface area (Å²) in [5.41, 5.74) is 4.75. The molecule has 0 aliphatic carbocycles. The highest BCUT2D eigenvalue weighted by atomic mass is 79.9. The first kappa shape index (κ1) is 26.6. The molecule has 0 radical (unpaired) electrons. The van der Waals surface area contributed by atoms with E-state index in [4.69, 9.17) is 0 Å². The van der Waals surface area contributed by atoms with Crippen molar-refractivity contribution >= 4 is 61.4 Å². The highest BCUT2D eigenvalue weighted by molar-refractivity contribution is 9.11. The van der Waals surface area contributed by atoms with E-state index in [-0.39, 0.29) is 11.1 Å². The first-order valence-corrected chi connectivity index (χ1v) is 15.5. The lowest BCUT2D eigenvalue weighted by molar-refractivity contribution is 0.516. The number of nitrogens with zero attached hydrogens (tertiary/aromatic N) is 2. The van der Waals surface area contributed by atoms with Gasteiger partial charge in [-0.3, -0.25) is 0 Å². The zero-order valence-electron chi connectivity index (χ0n) is 21.1. The molecule has 0 amide bonds. The summed E-state index contributed by atoms with van der Waals surface area (Å²) in [6.45, 7) is 8.63. The van der Waals surface area contributed by atoms with E-state index in [2.05, 4.69) is 64.5 Å². The first-order chi connectivity index (χ1) is 17.7. The van der Waals surface area contributed by atoms with Gasteiger partial charge in [0.1, 0.15) is 11.0 Å². The van der Waals surface area contributed by atoms with E-state index in [9.17, 15) is 0 Å². The van der Waals surface area contributed by atoms with Gasteiger partial charge in [0.15, 0.2) is 11.6 Å². The van der Waals surface area contributed by atoms with Gasteiger partial charge in [-0.05, 0) is 69.4 Å². The predicted octanol–water partition coefficient (Wildman–Crippen LogP) is 10.2. The summed E-state index contributed by atoms with van der Waals surface area (Å²) in [5, 5.41) is 0. The van der Waals surface area contributed by atoms with Crippen LogP contribution in [0.3, 0.4) is 0 Å². The van der Waals surface area contributed by atoms with Crippen LogP contribution in [0.15, 0.2) is 46.3 Å². The second-order valence-electron chi connectivity index (χ2n) is 10.2. The maximum Gasteiger partial charge on any atom is 0.170 e. The van der Waals surface area contributed by atoms with Crippen molar-refractivity contribution in [1.82, 2.24) is 8.75 Å². The fourth-order valence-electron chi connectivity index (χ4n) is 4.64. The molecule has 0 saturated carbocycles. The van der Waals surface area contributed by atoms with Crippen LogP contribution in [0, 0.1) is 23.5 Å². The Balaban J connectivity index is 1.65. The molecule has 0 aliphatic rings. The molecular weight excluding hydrogens is 590 g/mol. The van der Waals surface area contributed by atoms with Crippen molar-refractivity contribution in [3.63, 3.8) is 0 Å². The van der Waals surface area contributed by atoms with Crippen molar-refractivity contribution in [1.29, 1.82) is 0 Å². The van der Waals surface area contributed by atoms with Gasteiger partial charge in [0.05, 0.1) is 26.6 Å². The number of hydrogen-bond acceptors (Lipinski definition) is 5. The third kappa shape index (κ3) is 5.44. The zero-order valence-corrected chi connectivity index (χ0v) is 25.1. The normalized spacial score (nSPS) is 11.9. The minimum absolute atomic E-state index is 0.203. The molecule has 0 N–H and O–H groups in total. The van der Waals surface area contributed by atoms with Gasteiger partial charge in [-0.2, -0.15) is 8.75 Å². The van der Waals surface area contributed by atoms with Crippen LogP contribution < -0.4 is 0 Å². The Morgan fingerprint density at radius 3 is 1.92 bits per heavy atom. The summed E-state index contributed by atoms with van der Waals surface area (Å²) >= 11 is 7.57. The van der Waals surface area contributed by atoms with Crippen LogP contribution in [-0.4, -0.2) is 8.75 Å². The fourth-order valence-corrected chi connectivity index (χ4v) is 8.22. The SMILES string of the molecule is CC(C)Cc1cc(-c2c(F)c(F)c(-c3cc(CC(C)C)c(Cc4ccccc4)s3)c3nsnc23)sc1Br. The third-order valence-electron chi connectivity index (χ3n) is 6.20. The van der Waals surface area contributed by atoms with Crippen molar-refractivity contribution in [3.05, 3.63) is 79.5 Å². The molecule has 0 aliphatic heterocycles. The molecule has 8 heteroatoms. The van der Waals surface area contributed by atoms with E-state index in [1.165, 1.54) is 38.7 Å². The molecule has 192 valence electrons. The maximum atomic E-state index is 16.0. The van der Waals surface area contributed by atoms with Gasteiger partial charge >= 0.3 is 0 Å². The molecular formula is C29H27BrF2N2S3. The van der Waals surface area contributed by atoms with Gasteiger partial charge < -0.3 is 0 Å². The number of halogens is 3. The Labute approximate surface area is 236 Å². The molecule has 3 aromatic heterocycles. The topological polar surface area (TPSA) is 25.8 Å². The molecule has 0 fully saturated rings. The summed E-state index contributed by atoms with van der Waals surface area (Å²) in [6, 6.07) is 14.2. The zero-order chi connectivity index (χ0) is 26.3. The van der Waals surface area contributed by atoms with Crippen LogP contribution in [-0.2, 0) is 19.3 Å². The number of aromatic nitrogens is 2.